The molecule has 0 aliphatic carbocycles. The molecule has 0 saturated carbocycles. The molecule has 1 aliphatic rings. The Labute approximate surface area is 141 Å². The molecule has 0 radical (unpaired) electrons. The molecule has 0 spiro atoms. The SMILES string of the molecule is N#Cc1c(Cl)nsc1NC1CCN(Cc2ccc(F)cc2)C1=O. The molecule has 23 heavy (non-hydrogen) atoms. The van der Waals surface area contributed by atoms with Crippen LogP contribution in [0.25, 0.3) is 0 Å². The number of aromatic nitrogens is 1. The predicted octanol–water partition coefficient (Wildman–Crippen LogP) is 3.02. The number of hydrogen-bond donors (Lipinski definition) is 1. The number of likely N-dealkylation sites (tertiary alicyclic amines) is 1. The van der Waals surface area contributed by atoms with Gasteiger partial charge in [0, 0.05) is 13.1 Å². The fourth-order valence-corrected chi connectivity index (χ4v) is 3.45. The lowest BCUT2D eigenvalue weighted by Gasteiger charge is -2.17. The fourth-order valence-electron chi connectivity index (χ4n) is 2.46. The Balaban J connectivity index is 1.67. The van der Waals surface area contributed by atoms with E-state index in [1.165, 1.54) is 12.1 Å². The van der Waals surface area contributed by atoms with Gasteiger partial charge in [-0.25, -0.2) is 4.39 Å². The highest BCUT2D eigenvalue weighted by Crippen LogP contribution is 2.29. The first-order valence-electron chi connectivity index (χ1n) is 6.93. The van der Waals surface area contributed by atoms with Crippen LogP contribution in [-0.4, -0.2) is 27.8 Å². The van der Waals surface area contributed by atoms with Crippen LogP contribution in [0.3, 0.4) is 0 Å². The van der Waals surface area contributed by atoms with Crippen LogP contribution >= 0.6 is 23.1 Å². The second-order valence-electron chi connectivity index (χ2n) is 5.16. The average molecular weight is 351 g/mol. The van der Waals surface area contributed by atoms with E-state index in [9.17, 15) is 9.18 Å². The molecule has 118 valence electrons. The topological polar surface area (TPSA) is 69.0 Å². The molecule has 2 heterocycles. The third-order valence-corrected chi connectivity index (χ3v) is 4.80. The van der Waals surface area contributed by atoms with Crippen LogP contribution in [0, 0.1) is 17.1 Å². The van der Waals surface area contributed by atoms with Crippen LogP contribution < -0.4 is 5.32 Å². The Morgan fingerprint density at radius 3 is 2.91 bits per heavy atom. The predicted molar refractivity (Wildman–Crippen MR) is 85.7 cm³/mol. The van der Waals surface area contributed by atoms with E-state index in [2.05, 4.69) is 9.69 Å². The number of rotatable bonds is 4. The highest BCUT2D eigenvalue weighted by Gasteiger charge is 2.32. The molecule has 1 aromatic heterocycles. The molecule has 1 fully saturated rings. The van der Waals surface area contributed by atoms with E-state index in [0.717, 1.165) is 17.1 Å². The number of carbonyl (C=O) groups excluding carboxylic acids is 1. The molecule has 1 aromatic carbocycles. The van der Waals surface area contributed by atoms with Gasteiger partial charge >= 0.3 is 0 Å². The van der Waals surface area contributed by atoms with Gasteiger partial charge in [0.15, 0.2) is 5.15 Å². The highest BCUT2D eigenvalue weighted by molar-refractivity contribution is 7.10. The quantitative estimate of drug-likeness (QED) is 0.920. The number of nitrogens with one attached hydrogen (secondary N) is 1. The van der Waals surface area contributed by atoms with Crippen molar-refractivity contribution in [2.45, 2.75) is 19.0 Å². The van der Waals surface area contributed by atoms with Crippen molar-refractivity contribution < 1.29 is 9.18 Å². The van der Waals surface area contributed by atoms with E-state index >= 15 is 0 Å². The fraction of sp³-hybridized carbons (Fsp3) is 0.267. The zero-order chi connectivity index (χ0) is 16.4. The molecule has 1 saturated heterocycles. The molecule has 1 atom stereocenters. The van der Waals surface area contributed by atoms with Gasteiger partial charge in [0.05, 0.1) is 0 Å². The second-order valence-corrected chi connectivity index (χ2v) is 6.29. The van der Waals surface area contributed by atoms with Crippen LogP contribution in [0.2, 0.25) is 5.15 Å². The number of hydrogen-bond acceptors (Lipinski definition) is 5. The summed E-state index contributed by atoms with van der Waals surface area (Å²) in [5, 5.41) is 12.8. The van der Waals surface area contributed by atoms with Crippen molar-refractivity contribution in [3.63, 3.8) is 0 Å². The summed E-state index contributed by atoms with van der Waals surface area (Å²) < 4.78 is 16.8. The summed E-state index contributed by atoms with van der Waals surface area (Å²) in [6, 6.07) is 7.67. The Kier molecular flexibility index (Phi) is 4.46. The Bertz CT molecular complexity index is 771. The van der Waals surface area contributed by atoms with Gasteiger partial charge in [-0.05, 0) is 35.6 Å². The highest BCUT2D eigenvalue weighted by atomic mass is 35.5. The molecule has 1 unspecified atom stereocenters. The molecular weight excluding hydrogens is 339 g/mol. The zero-order valence-corrected chi connectivity index (χ0v) is 13.5. The summed E-state index contributed by atoms with van der Waals surface area (Å²) >= 11 is 6.89. The number of anilines is 1. The minimum absolute atomic E-state index is 0.0530. The third kappa shape index (κ3) is 3.28. The van der Waals surface area contributed by atoms with Gasteiger partial charge < -0.3 is 10.2 Å². The van der Waals surface area contributed by atoms with Crippen LogP contribution in [0.1, 0.15) is 17.5 Å². The molecule has 1 aliphatic heterocycles. The molecule has 1 amide bonds. The van der Waals surface area contributed by atoms with Crippen molar-refractivity contribution >= 4 is 34.0 Å². The maximum absolute atomic E-state index is 12.9. The Hall–Kier alpha value is -2.17. The van der Waals surface area contributed by atoms with Gasteiger partial charge in [-0.15, -0.1) is 0 Å². The first-order valence-corrected chi connectivity index (χ1v) is 8.08. The second kappa shape index (κ2) is 6.52. The van der Waals surface area contributed by atoms with Gasteiger partial charge in [0.1, 0.15) is 28.5 Å². The first kappa shape index (κ1) is 15.7. The van der Waals surface area contributed by atoms with E-state index in [-0.39, 0.29) is 22.4 Å². The summed E-state index contributed by atoms with van der Waals surface area (Å²) in [5.41, 5.74) is 1.14. The summed E-state index contributed by atoms with van der Waals surface area (Å²) in [4.78, 5) is 14.2. The molecule has 1 N–H and O–H groups in total. The number of halogens is 2. The van der Waals surface area contributed by atoms with Crippen LogP contribution in [-0.2, 0) is 11.3 Å². The monoisotopic (exact) mass is 350 g/mol. The Morgan fingerprint density at radius 2 is 2.22 bits per heavy atom. The maximum Gasteiger partial charge on any atom is 0.245 e. The van der Waals surface area contributed by atoms with Crippen molar-refractivity contribution in [1.82, 2.24) is 9.27 Å². The minimum Gasteiger partial charge on any atom is -0.363 e. The van der Waals surface area contributed by atoms with E-state index in [0.29, 0.717) is 24.5 Å². The molecule has 0 bridgehead atoms. The van der Waals surface area contributed by atoms with E-state index in [4.69, 9.17) is 16.9 Å². The molecule has 8 heteroatoms. The molecule has 5 nitrogen and oxygen atoms in total. The largest absolute Gasteiger partial charge is 0.363 e. The molecular formula is C15H12ClFN4OS. The van der Waals surface area contributed by atoms with Crippen LogP contribution in [0.15, 0.2) is 24.3 Å². The summed E-state index contributed by atoms with van der Waals surface area (Å²) in [6.07, 6.45) is 0.625. The Morgan fingerprint density at radius 1 is 1.48 bits per heavy atom. The first-order chi connectivity index (χ1) is 11.1. The lowest BCUT2D eigenvalue weighted by atomic mass is 10.2. The van der Waals surface area contributed by atoms with Gasteiger partial charge in [0.2, 0.25) is 5.91 Å². The lowest BCUT2D eigenvalue weighted by molar-refractivity contribution is -0.128. The lowest BCUT2D eigenvalue weighted by Crippen LogP contribution is -2.33. The van der Waals surface area contributed by atoms with Gasteiger partial charge in [-0.2, -0.15) is 9.64 Å². The van der Waals surface area contributed by atoms with Crippen molar-refractivity contribution in [2.75, 3.05) is 11.9 Å². The van der Waals surface area contributed by atoms with Gasteiger partial charge in [0.25, 0.3) is 0 Å². The van der Waals surface area contributed by atoms with Gasteiger partial charge in [-0.1, -0.05) is 23.7 Å². The number of nitrogens with zero attached hydrogens (tertiary/aromatic N) is 3. The summed E-state index contributed by atoms with van der Waals surface area (Å²) in [7, 11) is 0. The van der Waals surface area contributed by atoms with E-state index in [1.54, 1.807) is 17.0 Å². The standard InChI is InChI=1S/C15H12ClFN4OS/c16-13-11(7-18)14(23-20-13)19-12-5-6-21(15(12)22)8-9-1-3-10(17)4-2-9/h1-4,12,19H,5-6,8H2. The van der Waals surface area contributed by atoms with Crippen LogP contribution in [0.5, 0.6) is 0 Å². The normalized spacial score (nSPS) is 17.3. The van der Waals surface area contributed by atoms with E-state index in [1.807, 2.05) is 6.07 Å². The summed E-state index contributed by atoms with van der Waals surface area (Å²) in [6.45, 7) is 1.04. The molecule has 2 aromatic rings. The van der Waals surface area contributed by atoms with E-state index < -0.39 is 6.04 Å². The average Bonchev–Trinajstić information content (AvgIpc) is 3.06. The third-order valence-electron chi connectivity index (χ3n) is 3.65. The zero-order valence-electron chi connectivity index (χ0n) is 11.9. The van der Waals surface area contributed by atoms with Crippen molar-refractivity contribution in [1.29, 1.82) is 5.26 Å². The minimum atomic E-state index is -0.404. The molecule has 3 rings (SSSR count). The smallest absolute Gasteiger partial charge is 0.245 e. The number of benzene rings is 1. The number of amides is 1. The number of nitriles is 1. The summed E-state index contributed by atoms with van der Waals surface area (Å²) in [5.74, 6) is -0.352. The van der Waals surface area contributed by atoms with Gasteiger partial charge in [-0.3, -0.25) is 4.79 Å². The van der Waals surface area contributed by atoms with Crippen molar-refractivity contribution in [3.8, 4) is 6.07 Å². The van der Waals surface area contributed by atoms with Crippen molar-refractivity contribution in [3.05, 3.63) is 46.4 Å². The van der Waals surface area contributed by atoms with Crippen LogP contribution in [0.4, 0.5) is 9.39 Å². The van der Waals surface area contributed by atoms with Crippen molar-refractivity contribution in [2.24, 2.45) is 0 Å². The maximum atomic E-state index is 12.9. The number of carbonyl (C=O) groups is 1.